The molecule has 6 nitrogen and oxygen atoms in total. The van der Waals surface area contributed by atoms with E-state index in [-0.39, 0.29) is 23.4 Å². The van der Waals surface area contributed by atoms with E-state index in [0.717, 1.165) is 12.8 Å². The van der Waals surface area contributed by atoms with Gasteiger partial charge in [-0.05, 0) is 32.1 Å². The summed E-state index contributed by atoms with van der Waals surface area (Å²) < 4.78 is 4.61. The lowest BCUT2D eigenvalue weighted by atomic mass is 10.1. The summed E-state index contributed by atoms with van der Waals surface area (Å²) in [5, 5.41) is 19.1. The molecule has 3 atom stereocenters. The normalized spacial score (nSPS) is 15.2. The van der Waals surface area contributed by atoms with E-state index in [1.54, 1.807) is 0 Å². The van der Waals surface area contributed by atoms with Gasteiger partial charge in [-0.15, -0.1) is 11.8 Å². The second-order valence-electron chi connectivity index (χ2n) is 7.18. The van der Waals surface area contributed by atoms with Gasteiger partial charge >= 0.3 is 11.9 Å². The van der Waals surface area contributed by atoms with Crippen LogP contribution in [0.2, 0.25) is 0 Å². The van der Waals surface area contributed by atoms with Gasteiger partial charge in [0.1, 0.15) is 6.04 Å². The van der Waals surface area contributed by atoms with Crippen LogP contribution in [0.15, 0.2) is 48.6 Å². The largest absolute Gasteiger partial charge is 0.480 e. The molecule has 0 radical (unpaired) electrons. The van der Waals surface area contributed by atoms with Gasteiger partial charge in [0.2, 0.25) is 0 Å². The second-order valence-corrected chi connectivity index (χ2v) is 8.39. The summed E-state index contributed by atoms with van der Waals surface area (Å²) in [6, 6.07) is -0.989. The summed E-state index contributed by atoms with van der Waals surface area (Å²) in [6.45, 7) is 2.20. The van der Waals surface area contributed by atoms with Crippen LogP contribution >= 0.6 is 11.8 Å². The lowest BCUT2D eigenvalue weighted by molar-refractivity contribution is -0.141. The van der Waals surface area contributed by atoms with Crippen molar-refractivity contribution >= 4 is 23.7 Å². The van der Waals surface area contributed by atoms with Gasteiger partial charge in [0.25, 0.3) is 0 Å². The van der Waals surface area contributed by atoms with Gasteiger partial charge in [0.05, 0.1) is 13.2 Å². The second kappa shape index (κ2) is 20.1. The molecule has 4 N–H and O–H groups in total. The molecule has 0 bridgehead atoms. The number of aliphatic hydroxyl groups is 1. The average molecular weight is 454 g/mol. The lowest BCUT2D eigenvalue weighted by Gasteiger charge is -2.20. The Morgan fingerprint density at radius 3 is 2.48 bits per heavy atom. The third-order valence-corrected chi connectivity index (χ3v) is 5.86. The molecule has 0 heterocycles. The Morgan fingerprint density at radius 2 is 1.81 bits per heavy atom. The fraction of sp³-hybridized carbons (Fsp3) is 0.583. The van der Waals surface area contributed by atoms with Crippen LogP contribution in [0.5, 0.6) is 0 Å². The Morgan fingerprint density at radius 1 is 1.06 bits per heavy atom. The molecule has 0 aliphatic heterocycles. The first-order chi connectivity index (χ1) is 14.9. The predicted molar refractivity (Wildman–Crippen MR) is 129 cm³/mol. The van der Waals surface area contributed by atoms with Crippen molar-refractivity contribution in [3.63, 3.8) is 0 Å². The topological polar surface area (TPSA) is 110 Å². The summed E-state index contributed by atoms with van der Waals surface area (Å²) in [5.74, 6) is -1.20. The number of nitrogens with two attached hydrogens (primary N) is 1. The summed E-state index contributed by atoms with van der Waals surface area (Å²) in [5.41, 5.74) is 5.58. The summed E-state index contributed by atoms with van der Waals surface area (Å²) in [4.78, 5) is 22.2. The number of carbonyl (C=O) groups excluding carboxylic acids is 1. The van der Waals surface area contributed by atoms with Crippen molar-refractivity contribution in [1.29, 1.82) is 0 Å². The molecule has 0 amide bonds. The van der Waals surface area contributed by atoms with E-state index >= 15 is 0 Å². The van der Waals surface area contributed by atoms with E-state index in [2.05, 4.69) is 29.9 Å². The van der Waals surface area contributed by atoms with Gasteiger partial charge in [-0.3, -0.25) is 9.59 Å². The first kappa shape index (κ1) is 29.2. The maximum Gasteiger partial charge on any atom is 0.321 e. The molecule has 0 aromatic carbocycles. The number of hydrogen-bond donors (Lipinski definition) is 3. The van der Waals surface area contributed by atoms with E-state index < -0.39 is 18.1 Å². The molecule has 0 aromatic rings. The molecule has 7 heteroatoms. The van der Waals surface area contributed by atoms with E-state index in [0.29, 0.717) is 12.8 Å². The van der Waals surface area contributed by atoms with Crippen molar-refractivity contribution in [1.82, 2.24) is 0 Å². The molecule has 0 fully saturated rings. The van der Waals surface area contributed by atoms with Crippen molar-refractivity contribution < 1.29 is 24.5 Å². The van der Waals surface area contributed by atoms with E-state index in [9.17, 15) is 14.7 Å². The van der Waals surface area contributed by atoms with Crippen LogP contribution in [-0.2, 0) is 14.3 Å². The number of allylic oxidation sites excluding steroid dienone is 7. The Labute approximate surface area is 191 Å². The number of carboxylic acid groups (broad SMARTS) is 1. The first-order valence-electron chi connectivity index (χ1n) is 10.9. The summed E-state index contributed by atoms with van der Waals surface area (Å²) in [7, 11) is 1.33. The third kappa shape index (κ3) is 17.5. The number of thioether (sulfide) groups is 1. The van der Waals surface area contributed by atoms with Gasteiger partial charge in [-0.25, -0.2) is 0 Å². The van der Waals surface area contributed by atoms with Crippen LogP contribution < -0.4 is 5.73 Å². The maximum atomic E-state index is 11.2. The number of aliphatic carboxylic acids is 1. The predicted octanol–water partition coefficient (Wildman–Crippen LogP) is 4.40. The molecule has 0 saturated carbocycles. The molecule has 0 aromatic heterocycles. The SMILES string of the molecule is CCCCC/C=C\C\C=C/C=C\C=C/[C@@H](SC[C@@H](N)C(=O)O)[C@@H](O)CCCC(=O)OC. The van der Waals surface area contributed by atoms with Crippen molar-refractivity contribution in [3.05, 3.63) is 48.6 Å². The van der Waals surface area contributed by atoms with Gasteiger partial charge in [0, 0.05) is 17.4 Å². The molecule has 176 valence electrons. The quantitative estimate of drug-likeness (QED) is 0.122. The van der Waals surface area contributed by atoms with Crippen molar-refractivity contribution in [3.8, 4) is 0 Å². The van der Waals surface area contributed by atoms with Crippen LogP contribution in [0.1, 0.15) is 58.3 Å². The number of carboxylic acids is 1. The van der Waals surface area contributed by atoms with Crippen LogP contribution in [0.3, 0.4) is 0 Å². The standard InChI is InChI=1S/C24H39NO5S/c1-3-4-5-6-7-8-9-10-11-12-13-14-17-22(31-19-20(25)24(28)29)21(26)16-15-18-23(27)30-2/h7-8,10-14,17,20-22,26H,3-6,9,15-16,18-19,25H2,1-2H3,(H,28,29)/b8-7-,11-10-,13-12-,17-14-/t20-,21+,22-/m1/s1. The molecule has 0 spiro atoms. The molecular weight excluding hydrogens is 414 g/mol. The van der Waals surface area contributed by atoms with Gasteiger partial charge < -0.3 is 20.7 Å². The zero-order chi connectivity index (χ0) is 23.3. The van der Waals surface area contributed by atoms with Crippen LogP contribution in [-0.4, -0.2) is 52.4 Å². The number of carbonyl (C=O) groups is 2. The zero-order valence-electron chi connectivity index (χ0n) is 18.8. The Balaban J connectivity index is 4.55. The number of esters is 1. The third-order valence-electron chi connectivity index (χ3n) is 4.46. The molecule has 0 unspecified atom stereocenters. The van der Waals surface area contributed by atoms with E-state index in [4.69, 9.17) is 10.8 Å². The van der Waals surface area contributed by atoms with Gasteiger partial charge in [0.15, 0.2) is 0 Å². The van der Waals surface area contributed by atoms with E-state index in [1.807, 2.05) is 30.4 Å². The van der Waals surface area contributed by atoms with Crippen molar-refractivity contribution in [2.75, 3.05) is 12.9 Å². The van der Waals surface area contributed by atoms with Crippen molar-refractivity contribution in [2.24, 2.45) is 5.73 Å². The minimum Gasteiger partial charge on any atom is -0.480 e. The number of methoxy groups -OCH3 is 1. The molecule has 0 rings (SSSR count). The van der Waals surface area contributed by atoms with Crippen LogP contribution in [0.25, 0.3) is 0 Å². The molecule has 0 aliphatic rings. The summed E-state index contributed by atoms with van der Waals surface area (Å²) >= 11 is 1.29. The molecular formula is C24H39NO5S. The molecule has 31 heavy (non-hydrogen) atoms. The monoisotopic (exact) mass is 453 g/mol. The lowest BCUT2D eigenvalue weighted by Crippen LogP contribution is -2.34. The van der Waals surface area contributed by atoms with Gasteiger partial charge in [-0.1, -0.05) is 68.4 Å². The highest BCUT2D eigenvalue weighted by Crippen LogP contribution is 2.21. The van der Waals surface area contributed by atoms with E-state index in [1.165, 1.54) is 38.1 Å². The fourth-order valence-corrected chi connectivity index (χ4v) is 3.70. The molecule has 0 saturated heterocycles. The zero-order valence-corrected chi connectivity index (χ0v) is 19.6. The number of ether oxygens (including phenoxy) is 1. The number of hydrogen-bond acceptors (Lipinski definition) is 6. The highest BCUT2D eigenvalue weighted by molar-refractivity contribution is 8.00. The fourth-order valence-electron chi connectivity index (χ4n) is 2.57. The van der Waals surface area contributed by atoms with Crippen LogP contribution in [0, 0.1) is 0 Å². The number of aliphatic hydroxyl groups excluding tert-OH is 1. The highest BCUT2D eigenvalue weighted by atomic mass is 32.2. The first-order valence-corrected chi connectivity index (χ1v) is 12.0. The smallest absolute Gasteiger partial charge is 0.321 e. The number of unbranched alkanes of at least 4 members (excludes halogenated alkanes) is 3. The Hall–Kier alpha value is -1.83. The minimum atomic E-state index is -1.07. The minimum absolute atomic E-state index is 0.187. The maximum absolute atomic E-state index is 11.2. The van der Waals surface area contributed by atoms with Gasteiger partial charge in [-0.2, -0.15) is 0 Å². The summed E-state index contributed by atoms with van der Waals surface area (Å²) in [6.07, 6.45) is 22.1. The van der Waals surface area contributed by atoms with Crippen LogP contribution in [0.4, 0.5) is 0 Å². The molecule has 0 aliphatic carbocycles. The highest BCUT2D eigenvalue weighted by Gasteiger charge is 2.20. The average Bonchev–Trinajstić information content (AvgIpc) is 2.75. The van der Waals surface area contributed by atoms with Crippen molar-refractivity contribution in [2.45, 2.75) is 75.7 Å². The number of rotatable bonds is 18. The Kier molecular flexibility index (Phi) is 18.9. The Bertz CT molecular complexity index is 601.